The smallest absolute Gasteiger partial charge is 0.336 e. The molecule has 4 aromatic rings. The van der Waals surface area contributed by atoms with E-state index in [1.807, 2.05) is 6.92 Å². The number of nitrogens with zero attached hydrogens (tertiary/aromatic N) is 4. The number of hydrogen-bond acceptors (Lipinski definition) is 3. The highest BCUT2D eigenvalue weighted by Crippen LogP contribution is 2.64. The van der Waals surface area contributed by atoms with E-state index < -0.39 is 17.6 Å². The summed E-state index contributed by atoms with van der Waals surface area (Å²) in [5.41, 5.74) is 2.48. The second kappa shape index (κ2) is 7.62. The van der Waals surface area contributed by atoms with E-state index in [4.69, 9.17) is 0 Å². The number of halogens is 4. The van der Waals surface area contributed by atoms with Crippen LogP contribution in [0.4, 0.5) is 17.6 Å². The molecule has 1 saturated carbocycles. The maximum Gasteiger partial charge on any atom is 0.416 e. The molecule has 0 bridgehead atoms. The number of likely N-dealkylation sites (tertiary alicyclic amines) is 1. The fourth-order valence-electron chi connectivity index (χ4n) is 5.96. The van der Waals surface area contributed by atoms with Gasteiger partial charge in [0.25, 0.3) is 5.91 Å². The Hall–Kier alpha value is -3.75. The Morgan fingerprint density at radius 2 is 1.86 bits per heavy atom. The molecule has 5 nitrogen and oxygen atoms in total. The molecule has 3 atom stereocenters. The topological polar surface area (TPSA) is 51.0 Å². The van der Waals surface area contributed by atoms with E-state index in [9.17, 15) is 22.4 Å². The van der Waals surface area contributed by atoms with Crippen LogP contribution in [0.25, 0.3) is 16.6 Å². The third kappa shape index (κ3) is 3.32. The molecule has 2 fully saturated rings. The molecule has 1 amide bonds. The summed E-state index contributed by atoms with van der Waals surface area (Å²) in [6.07, 6.45) is -1.74. The van der Waals surface area contributed by atoms with Gasteiger partial charge in [0.05, 0.1) is 23.0 Å². The van der Waals surface area contributed by atoms with Crippen LogP contribution in [0.15, 0.2) is 60.9 Å². The van der Waals surface area contributed by atoms with Crippen LogP contribution in [0.2, 0.25) is 0 Å². The number of fused-ring (bicyclic) bond motifs is 2. The largest absolute Gasteiger partial charge is 0.416 e. The summed E-state index contributed by atoms with van der Waals surface area (Å²) in [6, 6.07) is 12.0. The molecule has 3 heterocycles. The Balaban J connectivity index is 1.32. The third-order valence-corrected chi connectivity index (χ3v) is 7.92. The number of benzene rings is 2. The Labute approximate surface area is 204 Å². The van der Waals surface area contributed by atoms with Crippen molar-refractivity contribution in [1.82, 2.24) is 19.7 Å². The number of rotatable bonds is 3. The molecule has 2 aliphatic rings. The first-order valence-corrected chi connectivity index (χ1v) is 11.7. The molecule has 2 aromatic carbocycles. The van der Waals surface area contributed by atoms with Gasteiger partial charge in [0.1, 0.15) is 11.5 Å². The Kier molecular flexibility index (Phi) is 4.81. The molecule has 9 heteroatoms. The van der Waals surface area contributed by atoms with Crippen molar-refractivity contribution < 1.29 is 22.4 Å². The van der Waals surface area contributed by atoms with Crippen molar-refractivity contribution in [2.24, 2.45) is 11.8 Å². The molecule has 184 valence electrons. The fourth-order valence-corrected chi connectivity index (χ4v) is 5.96. The molecule has 6 rings (SSSR count). The predicted molar refractivity (Wildman–Crippen MR) is 125 cm³/mol. The number of aryl methyl sites for hydroxylation is 1. The Bertz CT molecular complexity index is 1510. The maximum absolute atomic E-state index is 13.4. The highest BCUT2D eigenvalue weighted by Gasteiger charge is 2.68. The van der Waals surface area contributed by atoms with E-state index in [2.05, 4.69) is 29.1 Å². The minimum Gasteiger partial charge on any atom is -0.336 e. The Morgan fingerprint density at radius 3 is 2.58 bits per heavy atom. The van der Waals surface area contributed by atoms with Crippen LogP contribution in [-0.2, 0) is 11.6 Å². The fraction of sp³-hybridized carbons (Fsp3) is 0.296. The van der Waals surface area contributed by atoms with Crippen LogP contribution in [0.3, 0.4) is 0 Å². The molecule has 1 saturated heterocycles. The number of hydrogen-bond donors (Lipinski definition) is 0. The van der Waals surface area contributed by atoms with E-state index in [1.165, 1.54) is 12.1 Å². The van der Waals surface area contributed by atoms with Crippen molar-refractivity contribution in [3.8, 4) is 5.69 Å². The van der Waals surface area contributed by atoms with Gasteiger partial charge in [-0.1, -0.05) is 6.92 Å². The molecular weight excluding hydrogens is 472 g/mol. The lowest BCUT2D eigenvalue weighted by molar-refractivity contribution is -0.137. The lowest BCUT2D eigenvalue weighted by Gasteiger charge is -2.24. The molecule has 0 N–H and O–H groups in total. The van der Waals surface area contributed by atoms with Crippen molar-refractivity contribution in [2.75, 3.05) is 13.1 Å². The van der Waals surface area contributed by atoms with Gasteiger partial charge in [-0.05, 0) is 78.4 Å². The van der Waals surface area contributed by atoms with Gasteiger partial charge in [-0.25, -0.2) is 9.07 Å². The monoisotopic (exact) mass is 494 g/mol. The van der Waals surface area contributed by atoms with Crippen molar-refractivity contribution in [1.29, 1.82) is 0 Å². The number of alkyl halides is 3. The summed E-state index contributed by atoms with van der Waals surface area (Å²) < 4.78 is 54.5. The first-order valence-electron chi connectivity index (χ1n) is 11.7. The molecule has 0 unspecified atom stereocenters. The molecule has 2 aromatic heterocycles. The zero-order valence-electron chi connectivity index (χ0n) is 19.6. The predicted octanol–water partition coefficient (Wildman–Crippen LogP) is 5.55. The van der Waals surface area contributed by atoms with Crippen LogP contribution >= 0.6 is 0 Å². The minimum absolute atomic E-state index is 0.193. The van der Waals surface area contributed by atoms with Crippen LogP contribution < -0.4 is 0 Å². The summed E-state index contributed by atoms with van der Waals surface area (Å²) in [7, 11) is 0. The summed E-state index contributed by atoms with van der Waals surface area (Å²) in [4.78, 5) is 18.7. The van der Waals surface area contributed by atoms with Crippen molar-refractivity contribution in [3.05, 3.63) is 89.1 Å². The van der Waals surface area contributed by atoms with E-state index in [-0.39, 0.29) is 22.8 Å². The average Bonchev–Trinajstić information content (AvgIpc) is 3.19. The number of piperidine rings is 1. The van der Waals surface area contributed by atoms with Gasteiger partial charge < -0.3 is 4.90 Å². The number of aromatic nitrogens is 3. The van der Waals surface area contributed by atoms with Crippen LogP contribution in [0.1, 0.15) is 34.1 Å². The lowest BCUT2D eigenvalue weighted by atomic mass is 9.88. The van der Waals surface area contributed by atoms with Gasteiger partial charge in [0, 0.05) is 30.1 Å². The van der Waals surface area contributed by atoms with Gasteiger partial charge in [0.2, 0.25) is 0 Å². The third-order valence-electron chi connectivity index (χ3n) is 7.92. The van der Waals surface area contributed by atoms with E-state index in [0.29, 0.717) is 19.0 Å². The maximum atomic E-state index is 13.4. The highest BCUT2D eigenvalue weighted by molar-refractivity contribution is 5.93. The standard InChI is InChI=1S/C27H22F4N4O/c1-15-9-24-17(12-33-35(24)20-5-3-19(28)4-6-20)10-21(15)26-14-34(13-22(26)16(26)2)25(36)23-11-18(7-8-32-23)27(29,30)31/h3-12,16,22H,13-14H2,1-2H3/t16-,22-,26+/m1/s1. The van der Waals surface area contributed by atoms with E-state index >= 15 is 0 Å². The zero-order chi connectivity index (χ0) is 25.4. The normalized spacial score (nSPS) is 23.2. The second-order valence-electron chi connectivity index (χ2n) is 9.81. The lowest BCUT2D eigenvalue weighted by Crippen LogP contribution is -2.35. The quantitative estimate of drug-likeness (QED) is 0.351. The van der Waals surface area contributed by atoms with Gasteiger partial charge in [0.15, 0.2) is 0 Å². The summed E-state index contributed by atoms with van der Waals surface area (Å²) in [6.45, 7) is 5.07. The SMILES string of the molecule is Cc1cc2c(cnn2-c2ccc(F)cc2)cc1[C@@]12CN(C(=O)c3cc(C(F)(F)F)ccn3)C[C@@H]1[C@H]2C. The van der Waals surface area contributed by atoms with E-state index in [1.54, 1.807) is 27.9 Å². The van der Waals surface area contributed by atoms with Crippen molar-refractivity contribution in [3.63, 3.8) is 0 Å². The molecule has 0 spiro atoms. The summed E-state index contributed by atoms with van der Waals surface area (Å²) >= 11 is 0. The number of carbonyl (C=O) groups is 1. The van der Waals surface area contributed by atoms with Crippen molar-refractivity contribution >= 4 is 16.8 Å². The van der Waals surface area contributed by atoms with Crippen LogP contribution in [-0.4, -0.2) is 38.7 Å². The van der Waals surface area contributed by atoms with Crippen LogP contribution in [0, 0.1) is 24.6 Å². The minimum atomic E-state index is -4.54. The molecule has 1 aliphatic heterocycles. The Morgan fingerprint density at radius 1 is 1.11 bits per heavy atom. The second-order valence-corrected chi connectivity index (χ2v) is 9.81. The molecule has 0 radical (unpaired) electrons. The number of carbonyl (C=O) groups excluding carboxylic acids is 1. The first-order chi connectivity index (χ1) is 17.1. The number of pyridine rings is 1. The van der Waals surface area contributed by atoms with Gasteiger partial charge in [-0.3, -0.25) is 9.78 Å². The molecular formula is C27H22F4N4O. The van der Waals surface area contributed by atoms with Gasteiger partial charge >= 0.3 is 6.18 Å². The van der Waals surface area contributed by atoms with E-state index in [0.717, 1.165) is 46.0 Å². The summed E-state index contributed by atoms with van der Waals surface area (Å²) in [5, 5.41) is 5.43. The number of amides is 1. The first kappa shape index (κ1) is 22.7. The highest BCUT2D eigenvalue weighted by atomic mass is 19.4. The average molecular weight is 494 g/mol. The zero-order valence-corrected chi connectivity index (χ0v) is 19.6. The molecule has 36 heavy (non-hydrogen) atoms. The van der Waals surface area contributed by atoms with Gasteiger partial charge in [-0.2, -0.15) is 18.3 Å². The van der Waals surface area contributed by atoms with Crippen molar-refractivity contribution in [2.45, 2.75) is 25.4 Å². The summed E-state index contributed by atoms with van der Waals surface area (Å²) in [5.74, 6) is -0.250. The van der Waals surface area contributed by atoms with Gasteiger partial charge in [-0.15, -0.1) is 0 Å². The molecule has 1 aliphatic carbocycles. The van der Waals surface area contributed by atoms with Crippen LogP contribution in [0.5, 0.6) is 0 Å².